The van der Waals surface area contributed by atoms with Gasteiger partial charge in [0.25, 0.3) is 0 Å². The summed E-state index contributed by atoms with van der Waals surface area (Å²) in [5.41, 5.74) is 9.54. The Morgan fingerprint density at radius 1 is 0.897 bits per heavy atom. The smallest absolute Gasteiger partial charge is 0.305 e. The molecule has 0 spiro atoms. The summed E-state index contributed by atoms with van der Waals surface area (Å²) in [4.78, 5) is 16.5. The van der Waals surface area contributed by atoms with Crippen LogP contribution in [0.2, 0.25) is 0 Å². The molecular weight excluding hydrogens is 510 g/mol. The topological polar surface area (TPSA) is 82.6 Å². The van der Waals surface area contributed by atoms with Crippen molar-refractivity contribution in [2.24, 2.45) is 0 Å². The Morgan fingerprint density at radius 3 is 2.33 bits per heavy atom. The van der Waals surface area contributed by atoms with Crippen LogP contribution in [0.1, 0.15) is 35.1 Å². The van der Waals surface area contributed by atoms with Crippen molar-refractivity contribution in [3.63, 3.8) is 0 Å². The molecule has 0 fully saturated rings. The lowest BCUT2D eigenvalue weighted by Crippen LogP contribution is -2.08. The van der Waals surface area contributed by atoms with Crippen LogP contribution in [-0.2, 0) is 25.8 Å². The lowest BCUT2D eigenvalue weighted by Gasteiger charge is -2.16. The number of methoxy groups -OCH3 is 1. The average Bonchev–Trinajstić information content (AvgIpc) is 2.89. The number of rotatable bonds is 10. The molecule has 4 aromatic rings. The van der Waals surface area contributed by atoms with Gasteiger partial charge in [-0.05, 0) is 103 Å². The van der Waals surface area contributed by atoms with Gasteiger partial charge in [-0.1, -0.05) is 24.3 Å². The molecule has 0 amide bonds. The van der Waals surface area contributed by atoms with E-state index >= 15 is 0 Å². The standard InChI is InChI=1S/C32H35NO5S/c1-21-7-10-26(32-22(2)17-27(18-23(32)3)38-15-6-16-39(5,35)36)20-28(21)30-13-11-25-19-24(8-12-29(25)33-30)9-14-31(34)37-4/h7-8,10-13,17-20H,6,9,14-16H2,1-5H3. The number of aromatic nitrogens is 1. The minimum Gasteiger partial charge on any atom is -0.494 e. The third kappa shape index (κ3) is 7.24. The first-order valence-corrected chi connectivity index (χ1v) is 15.1. The molecule has 0 atom stereocenters. The lowest BCUT2D eigenvalue weighted by molar-refractivity contribution is -0.140. The Labute approximate surface area is 230 Å². The van der Waals surface area contributed by atoms with Gasteiger partial charge >= 0.3 is 5.97 Å². The van der Waals surface area contributed by atoms with Crippen LogP contribution in [0.25, 0.3) is 33.3 Å². The Kier molecular flexibility index (Phi) is 8.70. The summed E-state index contributed by atoms with van der Waals surface area (Å²) in [7, 11) is -1.58. The highest BCUT2D eigenvalue weighted by atomic mass is 32.2. The highest BCUT2D eigenvalue weighted by Gasteiger charge is 2.13. The van der Waals surface area contributed by atoms with E-state index in [1.54, 1.807) is 0 Å². The van der Waals surface area contributed by atoms with Gasteiger partial charge in [0.1, 0.15) is 15.6 Å². The maximum atomic E-state index is 11.5. The molecule has 39 heavy (non-hydrogen) atoms. The molecule has 1 aromatic heterocycles. The predicted molar refractivity (Wildman–Crippen MR) is 157 cm³/mol. The third-order valence-corrected chi connectivity index (χ3v) is 7.87. The van der Waals surface area contributed by atoms with E-state index in [0.717, 1.165) is 61.3 Å². The van der Waals surface area contributed by atoms with Crippen molar-refractivity contribution in [1.82, 2.24) is 4.98 Å². The van der Waals surface area contributed by atoms with Gasteiger partial charge in [-0.15, -0.1) is 0 Å². The van der Waals surface area contributed by atoms with Gasteiger partial charge < -0.3 is 9.47 Å². The number of nitrogens with zero attached hydrogens (tertiary/aromatic N) is 1. The summed E-state index contributed by atoms with van der Waals surface area (Å²) in [5.74, 6) is 0.655. The molecule has 204 valence electrons. The van der Waals surface area contributed by atoms with Crippen molar-refractivity contribution in [2.45, 2.75) is 40.0 Å². The fraction of sp³-hybridized carbons (Fsp3) is 0.312. The summed E-state index contributed by atoms with van der Waals surface area (Å²) in [5, 5.41) is 1.04. The first-order valence-electron chi connectivity index (χ1n) is 13.0. The highest BCUT2D eigenvalue weighted by molar-refractivity contribution is 7.90. The Hall–Kier alpha value is -3.71. The zero-order valence-electron chi connectivity index (χ0n) is 23.2. The molecule has 3 aromatic carbocycles. The molecule has 7 heteroatoms. The van der Waals surface area contributed by atoms with E-state index in [2.05, 4.69) is 51.1 Å². The van der Waals surface area contributed by atoms with Crippen LogP contribution in [0.15, 0.2) is 60.7 Å². The van der Waals surface area contributed by atoms with E-state index in [1.807, 2.05) is 30.3 Å². The SMILES string of the molecule is COC(=O)CCc1ccc2nc(-c3cc(-c4c(C)cc(OCCCS(C)(=O)=O)cc4C)ccc3C)ccc2c1. The second kappa shape index (κ2) is 12.0. The number of fused-ring (bicyclic) bond motifs is 1. The summed E-state index contributed by atoms with van der Waals surface area (Å²) >= 11 is 0. The first kappa shape index (κ1) is 28.3. The van der Waals surface area contributed by atoms with Crippen molar-refractivity contribution in [3.8, 4) is 28.1 Å². The normalized spacial score (nSPS) is 11.5. The molecule has 0 unspecified atom stereocenters. The van der Waals surface area contributed by atoms with Crippen molar-refractivity contribution < 1.29 is 22.7 Å². The van der Waals surface area contributed by atoms with Gasteiger partial charge in [-0.25, -0.2) is 13.4 Å². The predicted octanol–water partition coefficient (Wildman–Crippen LogP) is 6.41. The zero-order chi connectivity index (χ0) is 28.2. The summed E-state index contributed by atoms with van der Waals surface area (Å²) in [6.45, 7) is 6.59. The molecule has 0 aliphatic rings. The van der Waals surface area contributed by atoms with E-state index in [0.29, 0.717) is 25.9 Å². The maximum absolute atomic E-state index is 11.5. The Morgan fingerprint density at radius 2 is 1.64 bits per heavy atom. The molecule has 6 nitrogen and oxygen atoms in total. The zero-order valence-corrected chi connectivity index (χ0v) is 24.0. The van der Waals surface area contributed by atoms with Gasteiger partial charge in [0.05, 0.1) is 30.7 Å². The maximum Gasteiger partial charge on any atom is 0.305 e. The van der Waals surface area contributed by atoms with Crippen molar-refractivity contribution >= 4 is 26.7 Å². The lowest BCUT2D eigenvalue weighted by atomic mass is 9.92. The van der Waals surface area contributed by atoms with Crippen LogP contribution >= 0.6 is 0 Å². The van der Waals surface area contributed by atoms with Crippen LogP contribution in [0, 0.1) is 20.8 Å². The highest BCUT2D eigenvalue weighted by Crippen LogP contribution is 2.35. The van der Waals surface area contributed by atoms with Gasteiger partial charge in [0.2, 0.25) is 0 Å². The number of carbonyl (C=O) groups excluding carboxylic acids is 1. The van der Waals surface area contributed by atoms with Crippen LogP contribution in [0.5, 0.6) is 5.75 Å². The van der Waals surface area contributed by atoms with Crippen LogP contribution in [0.3, 0.4) is 0 Å². The number of pyridine rings is 1. The van der Waals surface area contributed by atoms with E-state index in [4.69, 9.17) is 14.5 Å². The molecule has 0 saturated heterocycles. The van der Waals surface area contributed by atoms with Crippen molar-refractivity contribution in [2.75, 3.05) is 25.7 Å². The number of benzene rings is 3. The summed E-state index contributed by atoms with van der Waals surface area (Å²) in [6, 6.07) is 20.7. The van der Waals surface area contributed by atoms with Crippen LogP contribution < -0.4 is 4.74 Å². The second-order valence-electron chi connectivity index (χ2n) is 10.1. The molecule has 0 aliphatic carbocycles. The minimum atomic E-state index is -2.99. The third-order valence-electron chi connectivity index (χ3n) is 6.84. The number of ether oxygens (including phenoxy) is 2. The van der Waals surface area contributed by atoms with E-state index in [-0.39, 0.29) is 11.7 Å². The second-order valence-corrected chi connectivity index (χ2v) is 12.4. The molecule has 0 bridgehead atoms. The molecule has 0 saturated carbocycles. The van der Waals surface area contributed by atoms with Crippen molar-refractivity contribution in [3.05, 3.63) is 82.9 Å². The molecule has 1 heterocycles. The average molecular weight is 546 g/mol. The molecule has 0 radical (unpaired) electrons. The molecular formula is C32H35NO5S. The summed E-state index contributed by atoms with van der Waals surface area (Å²) < 4.78 is 33.3. The Balaban J connectivity index is 1.58. The number of hydrogen-bond donors (Lipinski definition) is 0. The molecule has 0 aliphatic heterocycles. The van der Waals surface area contributed by atoms with Gasteiger partial charge in [-0.3, -0.25) is 4.79 Å². The van der Waals surface area contributed by atoms with E-state index in [1.165, 1.54) is 13.4 Å². The van der Waals surface area contributed by atoms with Gasteiger partial charge in [0.15, 0.2) is 0 Å². The Bertz CT molecular complexity index is 1600. The molecule has 0 N–H and O–H groups in total. The van der Waals surface area contributed by atoms with Crippen LogP contribution in [0.4, 0.5) is 0 Å². The van der Waals surface area contributed by atoms with E-state index in [9.17, 15) is 13.2 Å². The number of hydrogen-bond acceptors (Lipinski definition) is 6. The fourth-order valence-corrected chi connectivity index (χ4v) is 5.50. The monoisotopic (exact) mass is 545 g/mol. The molecule has 4 rings (SSSR count). The number of aryl methyl sites for hydroxylation is 4. The van der Waals surface area contributed by atoms with E-state index < -0.39 is 9.84 Å². The number of carbonyl (C=O) groups is 1. The minimum absolute atomic E-state index is 0.120. The van der Waals surface area contributed by atoms with Gasteiger partial charge in [0, 0.05) is 23.6 Å². The van der Waals surface area contributed by atoms with Crippen molar-refractivity contribution in [1.29, 1.82) is 0 Å². The fourth-order valence-electron chi connectivity index (χ4n) is 4.86. The quantitative estimate of drug-likeness (QED) is 0.169. The number of sulfone groups is 1. The summed E-state index contributed by atoms with van der Waals surface area (Å²) in [6.07, 6.45) is 2.70. The van der Waals surface area contributed by atoms with Gasteiger partial charge in [-0.2, -0.15) is 0 Å². The first-order chi connectivity index (χ1) is 18.5. The number of esters is 1. The largest absolute Gasteiger partial charge is 0.494 e. The van der Waals surface area contributed by atoms with Crippen LogP contribution in [-0.4, -0.2) is 45.1 Å².